The van der Waals surface area contributed by atoms with Crippen LogP contribution in [0.25, 0.3) is 5.69 Å². The fourth-order valence-electron chi connectivity index (χ4n) is 2.47. The number of rotatable bonds is 5. The maximum absolute atomic E-state index is 12.3. The molecule has 132 valence electrons. The smallest absolute Gasteiger partial charge is 0.338 e. The van der Waals surface area contributed by atoms with Gasteiger partial charge in [-0.05, 0) is 64.8 Å². The Hall–Kier alpha value is -2.86. The molecule has 26 heavy (non-hydrogen) atoms. The van der Waals surface area contributed by atoms with Crippen molar-refractivity contribution in [3.8, 4) is 5.69 Å². The molecule has 5 nitrogen and oxygen atoms in total. The molecule has 1 N–H and O–H groups in total. The molecule has 0 fully saturated rings. The summed E-state index contributed by atoms with van der Waals surface area (Å²) in [5.74, 6) is -0.941. The van der Waals surface area contributed by atoms with E-state index in [1.165, 1.54) is 0 Å². The van der Waals surface area contributed by atoms with Crippen LogP contribution in [-0.4, -0.2) is 23.1 Å². The van der Waals surface area contributed by atoms with Crippen molar-refractivity contribution >= 4 is 33.5 Å². The topological polar surface area (TPSA) is 60.3 Å². The maximum Gasteiger partial charge on any atom is 0.338 e. The normalized spacial score (nSPS) is 10.4. The molecule has 0 aliphatic carbocycles. The summed E-state index contributed by atoms with van der Waals surface area (Å²) in [5.41, 5.74) is 2.94. The minimum absolute atomic E-state index is 0.354. The van der Waals surface area contributed by atoms with Gasteiger partial charge < -0.3 is 14.6 Å². The van der Waals surface area contributed by atoms with Crippen LogP contribution >= 0.6 is 15.9 Å². The van der Waals surface area contributed by atoms with Gasteiger partial charge in [0.15, 0.2) is 6.61 Å². The Balaban J connectivity index is 1.64. The third-order valence-corrected chi connectivity index (χ3v) is 4.50. The van der Waals surface area contributed by atoms with Crippen molar-refractivity contribution in [2.45, 2.75) is 6.92 Å². The van der Waals surface area contributed by atoms with Crippen LogP contribution in [0, 0.1) is 6.92 Å². The number of anilines is 1. The van der Waals surface area contributed by atoms with Gasteiger partial charge >= 0.3 is 5.97 Å². The van der Waals surface area contributed by atoms with E-state index in [1.807, 2.05) is 60.3 Å². The van der Waals surface area contributed by atoms with Gasteiger partial charge in [-0.2, -0.15) is 0 Å². The molecule has 3 aromatic rings. The van der Waals surface area contributed by atoms with Gasteiger partial charge in [0.05, 0.1) is 11.3 Å². The molecule has 3 rings (SSSR count). The van der Waals surface area contributed by atoms with Gasteiger partial charge in [-0.15, -0.1) is 0 Å². The summed E-state index contributed by atoms with van der Waals surface area (Å²) in [5, 5.41) is 2.69. The Labute approximate surface area is 159 Å². The van der Waals surface area contributed by atoms with Gasteiger partial charge in [0.2, 0.25) is 0 Å². The zero-order valence-electron chi connectivity index (χ0n) is 14.1. The number of carbonyl (C=O) groups excluding carboxylic acids is 2. The molecule has 1 aromatic heterocycles. The maximum atomic E-state index is 12.3. The number of nitrogens with zero attached hydrogens (tertiary/aromatic N) is 1. The molecular weight excluding hydrogens is 396 g/mol. The third-order valence-electron chi connectivity index (χ3n) is 3.81. The van der Waals surface area contributed by atoms with Crippen molar-refractivity contribution in [3.05, 3.63) is 82.6 Å². The number of esters is 1. The monoisotopic (exact) mass is 412 g/mol. The fraction of sp³-hybridized carbons (Fsp3) is 0.100. The Morgan fingerprint density at radius 2 is 1.81 bits per heavy atom. The van der Waals surface area contributed by atoms with Crippen molar-refractivity contribution in [1.29, 1.82) is 0 Å². The molecule has 0 spiro atoms. The molecule has 0 saturated heterocycles. The highest BCUT2D eigenvalue weighted by atomic mass is 79.9. The van der Waals surface area contributed by atoms with Crippen molar-refractivity contribution < 1.29 is 14.3 Å². The van der Waals surface area contributed by atoms with Crippen molar-refractivity contribution in [3.63, 3.8) is 0 Å². The van der Waals surface area contributed by atoms with E-state index < -0.39 is 11.9 Å². The van der Waals surface area contributed by atoms with Crippen molar-refractivity contribution in [2.24, 2.45) is 0 Å². The molecule has 0 atom stereocenters. The lowest BCUT2D eigenvalue weighted by atomic mass is 10.1. The third kappa shape index (κ3) is 4.21. The van der Waals surface area contributed by atoms with Crippen LogP contribution in [0.2, 0.25) is 0 Å². The number of ether oxygens (including phenoxy) is 1. The van der Waals surface area contributed by atoms with Crippen molar-refractivity contribution in [2.75, 3.05) is 11.9 Å². The summed E-state index contributed by atoms with van der Waals surface area (Å²) >= 11 is 3.35. The molecule has 0 unspecified atom stereocenters. The molecule has 0 aliphatic rings. The first-order chi connectivity index (χ1) is 12.5. The second-order valence-corrected chi connectivity index (χ2v) is 6.55. The number of aromatic nitrogens is 1. The van der Waals surface area contributed by atoms with E-state index >= 15 is 0 Å². The van der Waals surface area contributed by atoms with Gasteiger partial charge in [-0.1, -0.05) is 18.2 Å². The Bertz CT molecular complexity index is 936. The molecule has 0 bridgehead atoms. The van der Waals surface area contributed by atoms with Crippen LogP contribution in [0.3, 0.4) is 0 Å². The van der Waals surface area contributed by atoms with Crippen LogP contribution in [0.1, 0.15) is 15.9 Å². The number of nitrogens with one attached hydrogen (secondary N) is 1. The first-order valence-electron chi connectivity index (χ1n) is 8.00. The number of amides is 1. The number of halogens is 1. The molecule has 1 amide bonds. The van der Waals surface area contributed by atoms with Crippen molar-refractivity contribution in [1.82, 2.24) is 4.57 Å². The van der Waals surface area contributed by atoms with Gasteiger partial charge in [0, 0.05) is 22.6 Å². The number of carbonyl (C=O) groups is 2. The van der Waals surface area contributed by atoms with Crippen LogP contribution in [0.15, 0.2) is 71.5 Å². The van der Waals surface area contributed by atoms with E-state index in [4.69, 9.17) is 4.74 Å². The van der Waals surface area contributed by atoms with Crippen LogP contribution < -0.4 is 5.32 Å². The fourth-order valence-corrected chi connectivity index (χ4v) is 2.86. The van der Waals surface area contributed by atoms with E-state index in [1.54, 1.807) is 18.2 Å². The molecular formula is C20H17BrN2O3. The second-order valence-electron chi connectivity index (χ2n) is 5.70. The van der Waals surface area contributed by atoms with Gasteiger partial charge in [-0.25, -0.2) is 4.79 Å². The predicted molar refractivity (Wildman–Crippen MR) is 104 cm³/mol. The highest BCUT2D eigenvalue weighted by Gasteiger charge is 2.13. The average Bonchev–Trinajstić information content (AvgIpc) is 3.16. The summed E-state index contributed by atoms with van der Waals surface area (Å²) in [6, 6.07) is 16.4. The highest BCUT2D eigenvalue weighted by Crippen LogP contribution is 2.21. The number of para-hydroxylation sites is 1. The molecule has 2 aromatic carbocycles. The van der Waals surface area contributed by atoms with Crippen LogP contribution in [0.5, 0.6) is 0 Å². The summed E-state index contributed by atoms with van der Waals surface area (Å²) in [4.78, 5) is 24.3. The number of benzene rings is 2. The SMILES string of the molecule is Cc1ccc(C(=O)OCC(=O)Nc2ccccc2Br)cc1-n1cccc1. The zero-order chi connectivity index (χ0) is 18.5. The quantitative estimate of drug-likeness (QED) is 0.633. The molecule has 6 heteroatoms. The van der Waals surface area contributed by atoms with E-state index in [0.29, 0.717) is 11.3 Å². The first kappa shape index (κ1) is 17.9. The second kappa shape index (κ2) is 8.01. The van der Waals surface area contributed by atoms with Gasteiger partial charge in [-0.3, -0.25) is 4.79 Å². The lowest BCUT2D eigenvalue weighted by molar-refractivity contribution is -0.119. The number of aryl methyl sites for hydroxylation is 1. The minimum Gasteiger partial charge on any atom is -0.452 e. The van der Waals surface area contributed by atoms with E-state index in [0.717, 1.165) is 15.7 Å². The molecule has 0 saturated carbocycles. The summed E-state index contributed by atoms with van der Waals surface area (Å²) < 4.78 is 7.82. The van der Waals surface area contributed by atoms with E-state index in [9.17, 15) is 9.59 Å². The predicted octanol–water partition coefficient (Wildman–Crippen LogP) is 4.34. The van der Waals surface area contributed by atoms with Crippen LogP contribution in [0.4, 0.5) is 5.69 Å². The Morgan fingerprint density at radius 1 is 1.08 bits per heavy atom. The largest absolute Gasteiger partial charge is 0.452 e. The number of hydrogen-bond acceptors (Lipinski definition) is 3. The lowest BCUT2D eigenvalue weighted by Gasteiger charge is -2.11. The molecule has 0 aliphatic heterocycles. The lowest BCUT2D eigenvalue weighted by Crippen LogP contribution is -2.21. The molecule has 1 heterocycles. The Morgan fingerprint density at radius 3 is 2.54 bits per heavy atom. The minimum atomic E-state index is -0.541. The molecule has 0 radical (unpaired) electrons. The summed E-state index contributed by atoms with van der Waals surface area (Å²) in [6.45, 7) is 1.61. The van der Waals surface area contributed by atoms with Gasteiger partial charge in [0.1, 0.15) is 0 Å². The summed E-state index contributed by atoms with van der Waals surface area (Å²) in [7, 11) is 0. The van der Waals surface area contributed by atoms with E-state index in [2.05, 4.69) is 21.2 Å². The Kier molecular flexibility index (Phi) is 5.53. The van der Waals surface area contributed by atoms with E-state index in [-0.39, 0.29) is 6.61 Å². The van der Waals surface area contributed by atoms with Gasteiger partial charge in [0.25, 0.3) is 5.91 Å². The highest BCUT2D eigenvalue weighted by molar-refractivity contribution is 9.10. The standard InChI is InChI=1S/C20H17BrN2O3/c1-14-8-9-15(12-18(14)23-10-4-5-11-23)20(25)26-13-19(24)22-17-7-3-2-6-16(17)21/h2-12H,13H2,1H3,(H,22,24). The first-order valence-corrected chi connectivity index (χ1v) is 8.79. The zero-order valence-corrected chi connectivity index (χ0v) is 15.7. The summed E-state index contributed by atoms with van der Waals surface area (Å²) in [6.07, 6.45) is 3.81. The average molecular weight is 413 g/mol. The van der Waals surface area contributed by atoms with Crippen LogP contribution in [-0.2, 0) is 9.53 Å². The number of hydrogen-bond donors (Lipinski definition) is 1.